The lowest BCUT2D eigenvalue weighted by atomic mass is 10.0. The molecule has 2 heterocycles. The zero-order valence-electron chi connectivity index (χ0n) is 23.3. The standard InChI is InChI=1S/C30H38N4O5/c1-20(2)16-21-10-8-11-22-17-24(32-28(21)22)19-34-15-9-12-23(29(34)37)18-25(35)26(39-30(38)31-3)13-6-7-14-27(36)33(4)5/h7-12,14-15,17,20,26,32H,6,13,16,18-19H2,1-5H3,(H,31,38)/b14-7+/t26-/m0/s1. The van der Waals surface area contributed by atoms with E-state index in [-0.39, 0.29) is 30.1 Å². The summed E-state index contributed by atoms with van der Waals surface area (Å²) in [5.41, 5.74) is 3.26. The largest absolute Gasteiger partial charge is 0.438 e. The minimum atomic E-state index is -1.05. The number of nitrogens with one attached hydrogen (secondary N) is 2. The van der Waals surface area contributed by atoms with Gasteiger partial charge in [-0.1, -0.05) is 44.2 Å². The Bertz CT molecular complexity index is 1400. The molecule has 1 atom stereocenters. The number of carbonyl (C=O) groups excluding carboxylic acids is 3. The number of H-pyrrole nitrogens is 1. The van der Waals surface area contributed by atoms with Crippen molar-refractivity contribution >= 4 is 28.7 Å². The summed E-state index contributed by atoms with van der Waals surface area (Å²) in [6.07, 6.45) is 4.28. The Morgan fingerprint density at radius 2 is 1.87 bits per heavy atom. The number of Topliss-reactive ketones (excluding diaryl/α,β-unsaturated/α-hetero) is 1. The number of pyridine rings is 1. The number of nitrogens with zero attached hydrogens (tertiary/aromatic N) is 2. The zero-order valence-corrected chi connectivity index (χ0v) is 23.3. The van der Waals surface area contributed by atoms with Gasteiger partial charge in [0, 0.05) is 50.5 Å². The molecule has 0 spiro atoms. The maximum atomic E-state index is 13.3. The number of likely N-dealkylation sites (N-methyl/N-ethyl adjacent to an activating group) is 1. The number of aromatic amines is 1. The van der Waals surface area contributed by atoms with Crippen molar-refractivity contribution in [2.24, 2.45) is 5.92 Å². The van der Waals surface area contributed by atoms with Crippen molar-refractivity contribution < 1.29 is 19.1 Å². The van der Waals surface area contributed by atoms with Crippen LogP contribution in [-0.2, 0) is 33.7 Å². The Labute approximate surface area is 228 Å². The van der Waals surface area contributed by atoms with Crippen LogP contribution in [0.5, 0.6) is 0 Å². The van der Waals surface area contributed by atoms with E-state index in [0.717, 1.165) is 23.0 Å². The Hall–Kier alpha value is -4.14. The van der Waals surface area contributed by atoms with Gasteiger partial charge in [0.2, 0.25) is 5.91 Å². The normalized spacial score (nSPS) is 12.2. The van der Waals surface area contributed by atoms with E-state index >= 15 is 0 Å². The van der Waals surface area contributed by atoms with Gasteiger partial charge in [-0.25, -0.2) is 4.79 Å². The third kappa shape index (κ3) is 8.17. The molecule has 0 bridgehead atoms. The molecule has 9 heteroatoms. The van der Waals surface area contributed by atoms with Crippen molar-refractivity contribution in [2.75, 3.05) is 21.1 Å². The van der Waals surface area contributed by atoms with Crippen LogP contribution in [0.3, 0.4) is 0 Å². The highest BCUT2D eigenvalue weighted by Gasteiger charge is 2.23. The molecule has 208 valence electrons. The van der Waals surface area contributed by atoms with Crippen LogP contribution >= 0.6 is 0 Å². The second kappa shape index (κ2) is 13.6. The van der Waals surface area contributed by atoms with Gasteiger partial charge in [0.15, 0.2) is 11.9 Å². The molecule has 39 heavy (non-hydrogen) atoms. The van der Waals surface area contributed by atoms with Gasteiger partial charge < -0.3 is 24.5 Å². The van der Waals surface area contributed by atoms with Crippen LogP contribution < -0.4 is 10.9 Å². The summed E-state index contributed by atoms with van der Waals surface area (Å²) in [5.74, 6) is -0.0438. The Morgan fingerprint density at radius 1 is 1.13 bits per heavy atom. The van der Waals surface area contributed by atoms with Crippen LogP contribution in [0.1, 0.15) is 43.5 Å². The number of amides is 2. The van der Waals surface area contributed by atoms with E-state index in [1.165, 1.54) is 23.6 Å². The van der Waals surface area contributed by atoms with E-state index in [2.05, 4.69) is 36.3 Å². The first-order valence-corrected chi connectivity index (χ1v) is 13.2. The number of hydrogen-bond donors (Lipinski definition) is 2. The van der Waals surface area contributed by atoms with Crippen LogP contribution in [0.15, 0.2) is 59.5 Å². The highest BCUT2D eigenvalue weighted by molar-refractivity contribution is 5.88. The lowest BCUT2D eigenvalue weighted by Gasteiger charge is -2.16. The number of allylic oxidation sites excluding steroid dienone is 1. The van der Waals surface area contributed by atoms with Crippen molar-refractivity contribution in [2.45, 2.75) is 52.2 Å². The summed E-state index contributed by atoms with van der Waals surface area (Å²) < 4.78 is 6.85. The predicted octanol–water partition coefficient (Wildman–Crippen LogP) is 3.84. The van der Waals surface area contributed by atoms with E-state index < -0.39 is 12.2 Å². The summed E-state index contributed by atoms with van der Waals surface area (Å²) in [6.45, 7) is 4.70. The number of benzene rings is 1. The number of ketones is 1. The fourth-order valence-corrected chi connectivity index (χ4v) is 4.36. The summed E-state index contributed by atoms with van der Waals surface area (Å²) >= 11 is 0. The summed E-state index contributed by atoms with van der Waals surface area (Å²) in [7, 11) is 4.69. The minimum absolute atomic E-state index is 0.174. The number of ether oxygens (including phenoxy) is 1. The highest BCUT2D eigenvalue weighted by Crippen LogP contribution is 2.22. The average molecular weight is 535 g/mol. The maximum absolute atomic E-state index is 13.3. The number of para-hydroxylation sites is 1. The van der Waals surface area contributed by atoms with Gasteiger partial charge in [-0.2, -0.15) is 0 Å². The van der Waals surface area contributed by atoms with E-state index in [9.17, 15) is 19.2 Å². The highest BCUT2D eigenvalue weighted by atomic mass is 16.6. The van der Waals surface area contributed by atoms with Gasteiger partial charge >= 0.3 is 6.09 Å². The van der Waals surface area contributed by atoms with Crippen LogP contribution in [0.25, 0.3) is 10.9 Å². The number of hydrogen-bond acceptors (Lipinski definition) is 5. The van der Waals surface area contributed by atoms with E-state index in [1.807, 2.05) is 12.1 Å². The Balaban J connectivity index is 1.75. The SMILES string of the molecule is CNC(=O)O[C@@H](CC/C=C/C(=O)N(C)C)C(=O)Cc1cccn(Cc2cc3cccc(CC(C)C)c3[nH]2)c1=O. The summed E-state index contributed by atoms with van der Waals surface area (Å²) in [4.78, 5) is 54.9. The molecule has 0 aliphatic rings. The average Bonchev–Trinajstić information content (AvgIpc) is 3.31. The van der Waals surface area contributed by atoms with Crippen LogP contribution in [0, 0.1) is 5.92 Å². The topological polar surface area (TPSA) is 114 Å². The molecule has 0 fully saturated rings. The molecular formula is C30H38N4O5. The fourth-order valence-electron chi connectivity index (χ4n) is 4.36. The van der Waals surface area contributed by atoms with Gasteiger partial charge in [0.25, 0.3) is 5.56 Å². The molecule has 0 saturated carbocycles. The van der Waals surface area contributed by atoms with E-state index in [4.69, 9.17) is 4.74 Å². The van der Waals surface area contributed by atoms with Gasteiger partial charge in [-0.15, -0.1) is 0 Å². The third-order valence-corrected chi connectivity index (χ3v) is 6.34. The summed E-state index contributed by atoms with van der Waals surface area (Å²) in [6, 6.07) is 11.6. The molecule has 3 aromatic rings. The predicted molar refractivity (Wildman–Crippen MR) is 152 cm³/mol. The molecule has 2 aromatic heterocycles. The molecule has 1 aromatic carbocycles. The van der Waals surface area contributed by atoms with Crippen LogP contribution in [-0.4, -0.2) is 59.5 Å². The fraction of sp³-hybridized carbons (Fsp3) is 0.400. The molecule has 0 aliphatic carbocycles. The van der Waals surface area contributed by atoms with Crippen molar-refractivity contribution in [3.05, 3.63) is 81.9 Å². The number of aromatic nitrogens is 2. The third-order valence-electron chi connectivity index (χ3n) is 6.34. The first-order valence-electron chi connectivity index (χ1n) is 13.2. The first-order chi connectivity index (χ1) is 18.6. The van der Waals surface area contributed by atoms with Crippen molar-refractivity contribution in [3.63, 3.8) is 0 Å². The van der Waals surface area contributed by atoms with Crippen molar-refractivity contribution in [3.8, 4) is 0 Å². The van der Waals surface area contributed by atoms with E-state index in [0.29, 0.717) is 24.4 Å². The monoisotopic (exact) mass is 534 g/mol. The van der Waals surface area contributed by atoms with Gasteiger partial charge in [-0.05, 0) is 54.3 Å². The van der Waals surface area contributed by atoms with Crippen molar-refractivity contribution in [1.29, 1.82) is 0 Å². The molecule has 2 N–H and O–H groups in total. The van der Waals surface area contributed by atoms with Gasteiger partial charge in [0.05, 0.1) is 6.54 Å². The molecule has 0 radical (unpaired) electrons. The summed E-state index contributed by atoms with van der Waals surface area (Å²) in [5, 5.41) is 3.44. The molecule has 0 unspecified atom stereocenters. The van der Waals surface area contributed by atoms with Crippen LogP contribution in [0.2, 0.25) is 0 Å². The molecular weight excluding hydrogens is 496 g/mol. The maximum Gasteiger partial charge on any atom is 0.407 e. The van der Waals surface area contributed by atoms with Crippen LogP contribution in [0.4, 0.5) is 4.79 Å². The van der Waals surface area contributed by atoms with Gasteiger partial charge in [0.1, 0.15) is 0 Å². The lowest BCUT2D eigenvalue weighted by molar-refractivity contribution is -0.127. The zero-order chi connectivity index (χ0) is 28.5. The number of rotatable bonds is 12. The molecule has 0 saturated heterocycles. The number of carbonyl (C=O) groups is 3. The molecule has 9 nitrogen and oxygen atoms in total. The Morgan fingerprint density at radius 3 is 2.56 bits per heavy atom. The molecule has 3 rings (SSSR count). The first kappa shape index (κ1) is 29.4. The second-order valence-corrected chi connectivity index (χ2v) is 10.2. The van der Waals surface area contributed by atoms with Crippen molar-refractivity contribution in [1.82, 2.24) is 19.8 Å². The number of fused-ring (bicyclic) bond motifs is 1. The van der Waals surface area contributed by atoms with E-state index in [1.54, 1.807) is 43.1 Å². The second-order valence-electron chi connectivity index (χ2n) is 10.2. The quantitative estimate of drug-likeness (QED) is 0.343. The number of alkyl carbamates (subject to hydrolysis) is 1. The lowest BCUT2D eigenvalue weighted by Crippen LogP contribution is -2.34. The minimum Gasteiger partial charge on any atom is -0.438 e. The molecule has 2 amide bonds. The smallest absolute Gasteiger partial charge is 0.407 e. The van der Waals surface area contributed by atoms with Gasteiger partial charge in [-0.3, -0.25) is 14.4 Å². The molecule has 0 aliphatic heterocycles. The Kier molecular flexibility index (Phi) is 10.3.